The van der Waals surface area contributed by atoms with Gasteiger partial charge >= 0.3 is 0 Å². The van der Waals surface area contributed by atoms with E-state index < -0.39 is 0 Å². The summed E-state index contributed by atoms with van der Waals surface area (Å²) in [5, 5.41) is 0. The van der Waals surface area contributed by atoms with Crippen molar-refractivity contribution < 1.29 is 9.53 Å². The molecule has 0 radical (unpaired) electrons. The normalized spacial score (nSPS) is 23.0. The third-order valence-corrected chi connectivity index (χ3v) is 4.95. The smallest absolute Gasteiger partial charge is 0.142 e. The van der Waals surface area contributed by atoms with E-state index in [-0.39, 0.29) is 0 Å². The van der Waals surface area contributed by atoms with Crippen molar-refractivity contribution in [1.29, 1.82) is 0 Å². The van der Waals surface area contributed by atoms with Gasteiger partial charge in [0.2, 0.25) is 0 Å². The second-order valence-electron chi connectivity index (χ2n) is 6.18. The summed E-state index contributed by atoms with van der Waals surface area (Å²) in [6.45, 7) is 3.64. The first kappa shape index (κ1) is 15.3. The number of nitrogen functional groups attached to an aromatic ring is 1. The van der Waals surface area contributed by atoms with Crippen LogP contribution in [0.3, 0.4) is 0 Å². The van der Waals surface area contributed by atoms with Crippen LogP contribution in [0.1, 0.15) is 24.0 Å². The minimum atomic E-state index is 0.416. The molecule has 1 unspecified atom stereocenters. The van der Waals surface area contributed by atoms with Gasteiger partial charge in [-0.25, -0.2) is 0 Å². The number of hydrogen-bond donors (Lipinski definition) is 1. The molecule has 1 aromatic rings. The molecule has 0 spiro atoms. The van der Waals surface area contributed by atoms with Crippen LogP contribution in [-0.2, 0) is 17.6 Å². The van der Waals surface area contributed by atoms with E-state index in [0.717, 1.165) is 56.6 Å². The Labute approximate surface area is 132 Å². The Bertz CT molecular complexity index is 547. The molecular formula is C17H25N3O2. The molecule has 22 heavy (non-hydrogen) atoms. The molecule has 0 aromatic heterocycles. The molecule has 1 aromatic carbocycles. The molecule has 0 bridgehead atoms. The molecule has 120 valence electrons. The molecule has 5 nitrogen and oxygen atoms in total. The highest BCUT2D eigenvalue weighted by molar-refractivity contribution is 5.57. The summed E-state index contributed by atoms with van der Waals surface area (Å²) in [6, 6.07) is 4.15. The molecule has 2 aliphatic rings. The Balaban J connectivity index is 1.74. The number of aldehydes is 1. The molecule has 1 atom stereocenters. The van der Waals surface area contributed by atoms with Gasteiger partial charge in [0.25, 0.3) is 0 Å². The molecule has 0 saturated carbocycles. The van der Waals surface area contributed by atoms with Gasteiger partial charge in [0.1, 0.15) is 12.0 Å². The summed E-state index contributed by atoms with van der Waals surface area (Å²) in [6.07, 6.45) is 5.81. The van der Waals surface area contributed by atoms with E-state index in [9.17, 15) is 4.79 Å². The zero-order valence-corrected chi connectivity index (χ0v) is 13.3. The monoisotopic (exact) mass is 303 g/mol. The lowest BCUT2D eigenvalue weighted by atomic mass is 10.0. The lowest BCUT2D eigenvalue weighted by molar-refractivity contribution is -0.109. The fourth-order valence-electron chi connectivity index (χ4n) is 3.80. The highest BCUT2D eigenvalue weighted by Gasteiger charge is 2.30. The highest BCUT2D eigenvalue weighted by Crippen LogP contribution is 2.30. The first-order chi connectivity index (χ1) is 10.7. The molecule has 2 heterocycles. The maximum absolute atomic E-state index is 10.9. The Morgan fingerprint density at radius 3 is 2.68 bits per heavy atom. The van der Waals surface area contributed by atoms with Crippen LogP contribution in [0.2, 0.25) is 0 Å². The molecule has 5 heteroatoms. The number of ether oxygens (including phenoxy) is 1. The Morgan fingerprint density at radius 1 is 1.27 bits per heavy atom. The third-order valence-electron chi connectivity index (χ3n) is 4.95. The number of rotatable bonds is 4. The fraction of sp³-hybridized carbons (Fsp3) is 0.588. The molecular weight excluding hydrogens is 278 g/mol. The zero-order valence-electron chi connectivity index (χ0n) is 13.3. The maximum atomic E-state index is 10.9. The Hall–Kier alpha value is -1.59. The minimum Gasteiger partial charge on any atom is -0.495 e. The van der Waals surface area contributed by atoms with Gasteiger partial charge in [0, 0.05) is 19.6 Å². The van der Waals surface area contributed by atoms with Crippen LogP contribution in [0.15, 0.2) is 12.1 Å². The number of fused-ring (bicyclic) bond motifs is 1. The lowest BCUT2D eigenvalue weighted by Crippen LogP contribution is -2.46. The van der Waals surface area contributed by atoms with Crippen molar-refractivity contribution in [3.63, 3.8) is 0 Å². The number of likely N-dealkylation sites (tertiary alicyclic amines) is 1. The molecule has 2 aliphatic heterocycles. The van der Waals surface area contributed by atoms with Gasteiger partial charge in [-0.1, -0.05) is 0 Å². The van der Waals surface area contributed by atoms with Crippen LogP contribution >= 0.6 is 0 Å². The summed E-state index contributed by atoms with van der Waals surface area (Å²) < 4.78 is 5.34. The zero-order chi connectivity index (χ0) is 15.5. The van der Waals surface area contributed by atoms with Gasteiger partial charge in [-0.3, -0.25) is 9.80 Å². The quantitative estimate of drug-likeness (QED) is 0.671. The first-order valence-corrected chi connectivity index (χ1v) is 8.10. The highest BCUT2D eigenvalue weighted by atomic mass is 16.5. The van der Waals surface area contributed by atoms with Crippen molar-refractivity contribution in [1.82, 2.24) is 9.80 Å². The number of methoxy groups -OCH3 is 1. The van der Waals surface area contributed by atoms with Crippen LogP contribution in [0.25, 0.3) is 0 Å². The molecule has 1 fully saturated rings. The van der Waals surface area contributed by atoms with Crippen molar-refractivity contribution in [3.8, 4) is 5.75 Å². The number of hydrogen-bond acceptors (Lipinski definition) is 5. The lowest BCUT2D eigenvalue weighted by Gasteiger charge is -2.33. The maximum Gasteiger partial charge on any atom is 0.142 e. The standard InChI is InChI=1S/C17H25N3O2/c1-22-16-12-14-5-8-20(7-4-13(14)11-15(16)18)17-3-2-6-19(17)9-10-21/h10-12,17H,2-9,18H2,1H3. The number of nitrogens with zero attached hydrogens (tertiary/aromatic N) is 2. The number of carbonyl (C=O) groups is 1. The van der Waals surface area contributed by atoms with E-state index in [4.69, 9.17) is 10.5 Å². The van der Waals surface area contributed by atoms with Gasteiger partial charge < -0.3 is 15.3 Å². The van der Waals surface area contributed by atoms with E-state index >= 15 is 0 Å². The van der Waals surface area contributed by atoms with Crippen LogP contribution < -0.4 is 10.5 Å². The van der Waals surface area contributed by atoms with Crippen LogP contribution in [0, 0.1) is 0 Å². The van der Waals surface area contributed by atoms with Gasteiger partial charge in [0.05, 0.1) is 25.5 Å². The van der Waals surface area contributed by atoms with E-state index in [1.165, 1.54) is 17.5 Å². The SMILES string of the molecule is COc1cc2c(cc1N)CCN(C1CCCN1CC=O)CC2. The summed E-state index contributed by atoms with van der Waals surface area (Å²) >= 11 is 0. The molecule has 0 amide bonds. The van der Waals surface area contributed by atoms with Crippen molar-refractivity contribution in [2.45, 2.75) is 31.8 Å². The fourth-order valence-corrected chi connectivity index (χ4v) is 3.80. The van der Waals surface area contributed by atoms with Gasteiger partial charge in [-0.05, 0) is 48.9 Å². The summed E-state index contributed by atoms with van der Waals surface area (Å²) in [7, 11) is 1.66. The minimum absolute atomic E-state index is 0.416. The summed E-state index contributed by atoms with van der Waals surface area (Å²) in [4.78, 5) is 15.7. The number of nitrogens with two attached hydrogens (primary N) is 1. The first-order valence-electron chi connectivity index (χ1n) is 8.10. The van der Waals surface area contributed by atoms with Crippen molar-refractivity contribution in [2.24, 2.45) is 0 Å². The van der Waals surface area contributed by atoms with Crippen LogP contribution in [0.4, 0.5) is 5.69 Å². The second-order valence-corrected chi connectivity index (χ2v) is 6.18. The average Bonchev–Trinajstić information content (AvgIpc) is 2.87. The largest absolute Gasteiger partial charge is 0.495 e. The topological polar surface area (TPSA) is 58.8 Å². The number of carbonyl (C=O) groups excluding carboxylic acids is 1. The van der Waals surface area contributed by atoms with E-state index in [2.05, 4.69) is 21.9 Å². The van der Waals surface area contributed by atoms with Gasteiger partial charge in [-0.2, -0.15) is 0 Å². The molecule has 2 N–H and O–H groups in total. The number of benzene rings is 1. The second kappa shape index (κ2) is 6.67. The Kier molecular flexibility index (Phi) is 4.64. The molecule has 0 aliphatic carbocycles. The Morgan fingerprint density at radius 2 is 2.00 bits per heavy atom. The number of anilines is 1. The van der Waals surface area contributed by atoms with Crippen LogP contribution in [0.5, 0.6) is 5.75 Å². The van der Waals surface area contributed by atoms with Gasteiger partial charge in [0.15, 0.2) is 0 Å². The van der Waals surface area contributed by atoms with Crippen molar-refractivity contribution >= 4 is 12.0 Å². The summed E-state index contributed by atoms with van der Waals surface area (Å²) in [5.41, 5.74) is 9.43. The molecule has 1 saturated heterocycles. The average molecular weight is 303 g/mol. The predicted octanol–water partition coefficient (Wildman–Crippen LogP) is 1.30. The van der Waals surface area contributed by atoms with Crippen molar-refractivity contribution in [3.05, 3.63) is 23.3 Å². The van der Waals surface area contributed by atoms with E-state index in [1.54, 1.807) is 7.11 Å². The van der Waals surface area contributed by atoms with Crippen molar-refractivity contribution in [2.75, 3.05) is 39.0 Å². The van der Waals surface area contributed by atoms with Gasteiger partial charge in [-0.15, -0.1) is 0 Å². The predicted molar refractivity (Wildman–Crippen MR) is 87.0 cm³/mol. The van der Waals surface area contributed by atoms with E-state index in [0.29, 0.717) is 12.7 Å². The van der Waals surface area contributed by atoms with E-state index in [1.807, 2.05) is 0 Å². The van der Waals surface area contributed by atoms with Crippen LogP contribution in [-0.4, -0.2) is 55.5 Å². The summed E-state index contributed by atoms with van der Waals surface area (Å²) in [5.74, 6) is 0.774. The molecule has 3 rings (SSSR count). The third kappa shape index (κ3) is 2.96.